The lowest BCUT2D eigenvalue weighted by molar-refractivity contribution is 0.0952. The van der Waals surface area contributed by atoms with E-state index in [9.17, 15) is 13.2 Å². The minimum Gasteiger partial charge on any atom is -0.496 e. The van der Waals surface area contributed by atoms with Gasteiger partial charge in [0.2, 0.25) is 10.0 Å². The van der Waals surface area contributed by atoms with Gasteiger partial charge < -0.3 is 15.0 Å². The third-order valence-electron chi connectivity index (χ3n) is 4.32. The number of ether oxygens (including phenoxy) is 1. The van der Waals surface area contributed by atoms with Crippen LogP contribution in [0, 0.1) is 0 Å². The Morgan fingerprint density at radius 1 is 1.07 bits per heavy atom. The van der Waals surface area contributed by atoms with Crippen LogP contribution in [-0.4, -0.2) is 53.4 Å². The topological polar surface area (TPSA) is 79.0 Å². The zero-order valence-electron chi connectivity index (χ0n) is 16.9. The summed E-state index contributed by atoms with van der Waals surface area (Å²) in [5.74, 6) is -0.0508. The fourth-order valence-electron chi connectivity index (χ4n) is 2.70. The quantitative estimate of drug-likeness (QED) is 0.729. The summed E-state index contributed by atoms with van der Waals surface area (Å²) >= 11 is 0. The summed E-state index contributed by atoms with van der Waals surface area (Å²) in [6.45, 7) is 2.45. The van der Waals surface area contributed by atoms with Crippen LogP contribution in [0.1, 0.15) is 22.8 Å². The van der Waals surface area contributed by atoms with Crippen molar-refractivity contribution in [2.24, 2.45) is 0 Å². The third kappa shape index (κ3) is 4.82. The van der Waals surface area contributed by atoms with Crippen LogP contribution >= 0.6 is 0 Å². The van der Waals surface area contributed by atoms with Crippen LogP contribution in [0.2, 0.25) is 0 Å². The van der Waals surface area contributed by atoms with Crippen molar-refractivity contribution in [1.82, 2.24) is 9.62 Å². The molecule has 0 saturated heterocycles. The van der Waals surface area contributed by atoms with Gasteiger partial charge >= 0.3 is 0 Å². The third-order valence-corrected chi connectivity index (χ3v) is 6.12. The first-order chi connectivity index (χ1) is 13.2. The molecule has 2 aromatic carbocycles. The minimum atomic E-state index is -3.77. The summed E-state index contributed by atoms with van der Waals surface area (Å²) in [4.78, 5) is 14.3. The van der Waals surface area contributed by atoms with Crippen molar-refractivity contribution in [3.8, 4) is 5.75 Å². The van der Waals surface area contributed by atoms with Gasteiger partial charge in [-0.1, -0.05) is 12.1 Å². The number of hydrogen-bond acceptors (Lipinski definition) is 5. The normalized spacial score (nSPS) is 11.4. The Kier molecular flexibility index (Phi) is 7.04. The van der Waals surface area contributed by atoms with E-state index in [0.29, 0.717) is 12.3 Å². The second kappa shape index (κ2) is 9.07. The van der Waals surface area contributed by atoms with Gasteiger partial charge in [-0.2, -0.15) is 4.31 Å². The van der Waals surface area contributed by atoms with Gasteiger partial charge in [-0.25, -0.2) is 8.42 Å². The monoisotopic (exact) mass is 405 g/mol. The van der Waals surface area contributed by atoms with Crippen LogP contribution in [0.4, 0.5) is 5.69 Å². The second-order valence-corrected chi connectivity index (χ2v) is 8.59. The van der Waals surface area contributed by atoms with Gasteiger partial charge in [0.15, 0.2) is 0 Å². The van der Waals surface area contributed by atoms with E-state index in [0.717, 1.165) is 11.3 Å². The van der Waals surface area contributed by atoms with Crippen molar-refractivity contribution in [2.75, 3.05) is 39.7 Å². The maximum Gasteiger partial charge on any atom is 0.255 e. The minimum absolute atomic E-state index is 0.0435. The molecule has 0 aliphatic carbocycles. The van der Waals surface area contributed by atoms with Crippen LogP contribution in [-0.2, 0) is 16.6 Å². The molecule has 0 aromatic heterocycles. The van der Waals surface area contributed by atoms with Gasteiger partial charge in [0.05, 0.1) is 17.6 Å². The summed E-state index contributed by atoms with van der Waals surface area (Å²) in [5, 5.41) is 2.67. The highest BCUT2D eigenvalue weighted by atomic mass is 32.2. The van der Waals surface area contributed by atoms with Gasteiger partial charge in [0.25, 0.3) is 5.91 Å². The lowest BCUT2D eigenvalue weighted by Gasteiger charge is -2.19. The molecule has 0 bridgehead atoms. The van der Waals surface area contributed by atoms with Crippen LogP contribution in [0.5, 0.6) is 5.75 Å². The fraction of sp³-hybridized carbons (Fsp3) is 0.350. The highest BCUT2D eigenvalue weighted by molar-refractivity contribution is 7.89. The Labute approximate surface area is 167 Å². The standard InChI is InChI=1S/C20H27N3O4S/c1-6-21-20(24)18-13-17(11-12-19(18)27-5)28(25,26)23(4)14-15-7-9-16(10-8-15)22(2)3/h7-13H,6,14H2,1-5H3,(H,21,24). The van der Waals surface area contributed by atoms with E-state index in [4.69, 9.17) is 4.74 Å². The molecule has 2 rings (SSSR count). The Morgan fingerprint density at radius 2 is 1.71 bits per heavy atom. The van der Waals surface area contributed by atoms with Crippen molar-refractivity contribution in [3.05, 3.63) is 53.6 Å². The smallest absolute Gasteiger partial charge is 0.255 e. The summed E-state index contributed by atoms with van der Waals surface area (Å²) in [7, 11) is 3.08. The van der Waals surface area contributed by atoms with Gasteiger partial charge in [0.1, 0.15) is 5.75 Å². The fourth-order valence-corrected chi connectivity index (χ4v) is 3.89. The number of anilines is 1. The molecular formula is C20H27N3O4S. The van der Waals surface area contributed by atoms with E-state index in [1.54, 1.807) is 6.92 Å². The number of carbonyl (C=O) groups excluding carboxylic acids is 1. The van der Waals surface area contributed by atoms with Crippen molar-refractivity contribution < 1.29 is 17.9 Å². The van der Waals surface area contributed by atoms with Gasteiger partial charge in [-0.15, -0.1) is 0 Å². The molecule has 0 heterocycles. The molecule has 0 spiro atoms. The molecule has 7 nitrogen and oxygen atoms in total. The van der Waals surface area contributed by atoms with Crippen molar-refractivity contribution in [2.45, 2.75) is 18.4 Å². The Morgan fingerprint density at radius 3 is 2.25 bits per heavy atom. The number of carbonyl (C=O) groups is 1. The SMILES string of the molecule is CCNC(=O)c1cc(S(=O)(=O)N(C)Cc2ccc(N(C)C)cc2)ccc1OC. The van der Waals surface area contributed by atoms with E-state index in [1.807, 2.05) is 43.3 Å². The predicted octanol–water partition coefficient (Wildman–Crippen LogP) is 2.33. The lowest BCUT2D eigenvalue weighted by Crippen LogP contribution is -2.27. The van der Waals surface area contributed by atoms with Crippen LogP contribution in [0.3, 0.4) is 0 Å². The highest BCUT2D eigenvalue weighted by Crippen LogP contribution is 2.25. The van der Waals surface area contributed by atoms with Crippen molar-refractivity contribution in [3.63, 3.8) is 0 Å². The molecule has 0 aliphatic heterocycles. The number of methoxy groups -OCH3 is 1. The van der Waals surface area contributed by atoms with E-state index in [-0.39, 0.29) is 22.9 Å². The molecule has 0 aliphatic rings. The number of amides is 1. The maximum absolute atomic E-state index is 13.0. The molecule has 28 heavy (non-hydrogen) atoms. The number of nitrogens with zero attached hydrogens (tertiary/aromatic N) is 2. The van der Waals surface area contributed by atoms with Gasteiger partial charge in [-0.05, 0) is 42.8 Å². The van der Waals surface area contributed by atoms with Crippen LogP contribution < -0.4 is 15.0 Å². The van der Waals surface area contributed by atoms with E-state index >= 15 is 0 Å². The van der Waals surface area contributed by atoms with E-state index < -0.39 is 10.0 Å². The molecule has 1 amide bonds. The van der Waals surface area contributed by atoms with Crippen LogP contribution in [0.15, 0.2) is 47.4 Å². The predicted molar refractivity (Wildman–Crippen MR) is 110 cm³/mol. The summed E-state index contributed by atoms with van der Waals surface area (Å²) in [6, 6.07) is 12.0. The molecule has 0 atom stereocenters. The van der Waals surface area contributed by atoms with Crippen molar-refractivity contribution >= 4 is 21.6 Å². The zero-order valence-corrected chi connectivity index (χ0v) is 17.7. The molecular weight excluding hydrogens is 378 g/mol. The average Bonchev–Trinajstić information content (AvgIpc) is 2.67. The molecule has 0 unspecified atom stereocenters. The zero-order chi connectivity index (χ0) is 20.9. The first-order valence-corrected chi connectivity index (χ1v) is 10.3. The number of nitrogens with one attached hydrogen (secondary N) is 1. The maximum atomic E-state index is 13.0. The van der Waals surface area contributed by atoms with E-state index in [1.165, 1.54) is 36.7 Å². The van der Waals surface area contributed by atoms with Crippen molar-refractivity contribution in [1.29, 1.82) is 0 Å². The first-order valence-electron chi connectivity index (χ1n) is 8.89. The largest absolute Gasteiger partial charge is 0.496 e. The number of rotatable bonds is 8. The molecule has 8 heteroatoms. The molecule has 0 radical (unpaired) electrons. The lowest BCUT2D eigenvalue weighted by atomic mass is 10.2. The van der Waals surface area contributed by atoms with E-state index in [2.05, 4.69) is 5.32 Å². The second-order valence-electron chi connectivity index (χ2n) is 6.54. The average molecular weight is 406 g/mol. The molecule has 0 fully saturated rings. The van der Waals surface area contributed by atoms with Crippen LogP contribution in [0.25, 0.3) is 0 Å². The number of hydrogen-bond donors (Lipinski definition) is 1. The summed E-state index contributed by atoms with van der Waals surface area (Å²) < 4.78 is 32.4. The molecule has 2 aromatic rings. The Hall–Kier alpha value is -2.58. The highest BCUT2D eigenvalue weighted by Gasteiger charge is 2.24. The Bertz CT molecular complexity index is 925. The van der Waals surface area contributed by atoms with Gasteiger partial charge in [0, 0.05) is 39.9 Å². The molecule has 1 N–H and O–H groups in total. The number of sulfonamides is 1. The molecule has 152 valence electrons. The summed E-state index contributed by atoms with van der Waals surface area (Å²) in [6.07, 6.45) is 0. The number of benzene rings is 2. The summed E-state index contributed by atoms with van der Waals surface area (Å²) in [5.41, 5.74) is 2.10. The Balaban J connectivity index is 2.29. The first kappa shape index (κ1) is 21.7. The molecule has 0 saturated carbocycles. The van der Waals surface area contributed by atoms with Gasteiger partial charge in [-0.3, -0.25) is 4.79 Å².